The molecule has 12 heavy (non-hydrogen) atoms. The van der Waals surface area contributed by atoms with Crippen LogP contribution in [0.15, 0.2) is 11.6 Å². The minimum Gasteiger partial charge on any atom is -0.295 e. The summed E-state index contributed by atoms with van der Waals surface area (Å²) in [5.41, 5.74) is 1.09. The van der Waals surface area contributed by atoms with Crippen LogP contribution in [0, 0.1) is 5.41 Å². The second-order valence-corrected chi connectivity index (χ2v) is 5.01. The van der Waals surface area contributed by atoms with Gasteiger partial charge in [-0.1, -0.05) is 19.9 Å². The molecule has 0 N–H and O–H groups in total. The first-order valence-corrected chi connectivity index (χ1v) is 4.83. The molecule has 1 aliphatic carbocycles. The molecule has 1 nitrogen and oxygen atoms in total. The second kappa shape index (κ2) is 3.25. The van der Waals surface area contributed by atoms with E-state index in [9.17, 15) is 4.79 Å². The molecule has 1 aliphatic rings. The highest BCUT2D eigenvalue weighted by atomic mass is 32.1. The Bertz CT molecular complexity index is 228. The number of hydrogen-bond donors (Lipinski definition) is 1. The van der Waals surface area contributed by atoms with Crippen LogP contribution in [0.4, 0.5) is 0 Å². The van der Waals surface area contributed by atoms with Gasteiger partial charge >= 0.3 is 0 Å². The Morgan fingerprint density at radius 3 is 2.67 bits per heavy atom. The van der Waals surface area contributed by atoms with E-state index in [2.05, 4.69) is 32.6 Å². The topological polar surface area (TPSA) is 17.1 Å². The maximum atomic E-state index is 11.1. The molecule has 0 fully saturated rings. The standard InChI is InChI=1S/C10H16OS/c1-7(11)8-4-9(12)6-10(2,3)5-8/h5,9,12H,4,6H2,1-3H3. The first kappa shape index (κ1) is 9.85. The summed E-state index contributed by atoms with van der Waals surface area (Å²) in [4.78, 5) is 11.1. The van der Waals surface area contributed by atoms with Crippen molar-refractivity contribution in [2.45, 2.75) is 38.9 Å². The first-order chi connectivity index (χ1) is 5.41. The highest BCUT2D eigenvalue weighted by Crippen LogP contribution is 2.35. The van der Waals surface area contributed by atoms with Gasteiger partial charge in [-0.05, 0) is 30.8 Å². The maximum absolute atomic E-state index is 11.1. The number of ketones is 1. The van der Waals surface area contributed by atoms with E-state index in [1.165, 1.54) is 0 Å². The van der Waals surface area contributed by atoms with Crippen LogP contribution in [0.5, 0.6) is 0 Å². The molecule has 0 aromatic heterocycles. The fourth-order valence-electron chi connectivity index (χ4n) is 1.77. The Morgan fingerprint density at radius 2 is 2.25 bits per heavy atom. The quantitative estimate of drug-likeness (QED) is 0.620. The number of Topliss-reactive ketones (excluding diaryl/α,β-unsaturated/α-hetero) is 1. The van der Waals surface area contributed by atoms with E-state index in [1.807, 2.05) is 0 Å². The first-order valence-electron chi connectivity index (χ1n) is 4.31. The molecule has 0 bridgehead atoms. The third kappa shape index (κ3) is 2.37. The van der Waals surface area contributed by atoms with Crippen molar-refractivity contribution in [1.82, 2.24) is 0 Å². The summed E-state index contributed by atoms with van der Waals surface area (Å²) in [6, 6.07) is 0. The minimum absolute atomic E-state index is 0.145. The third-order valence-electron chi connectivity index (χ3n) is 2.23. The lowest BCUT2D eigenvalue weighted by Crippen LogP contribution is -2.23. The zero-order chi connectivity index (χ0) is 9.35. The van der Waals surface area contributed by atoms with Crippen LogP contribution in [-0.4, -0.2) is 11.0 Å². The van der Waals surface area contributed by atoms with Crippen LogP contribution in [-0.2, 0) is 4.79 Å². The van der Waals surface area contributed by atoms with Gasteiger partial charge in [-0.25, -0.2) is 0 Å². The van der Waals surface area contributed by atoms with Gasteiger partial charge in [-0.2, -0.15) is 12.6 Å². The number of thiol groups is 1. The zero-order valence-corrected chi connectivity index (χ0v) is 8.82. The molecule has 0 aromatic rings. The molecule has 0 saturated heterocycles. The fourth-order valence-corrected chi connectivity index (χ4v) is 2.44. The van der Waals surface area contributed by atoms with Crippen LogP contribution >= 0.6 is 12.6 Å². The van der Waals surface area contributed by atoms with Crippen molar-refractivity contribution in [3.8, 4) is 0 Å². The van der Waals surface area contributed by atoms with Crippen LogP contribution in [0.1, 0.15) is 33.6 Å². The van der Waals surface area contributed by atoms with E-state index in [0.717, 1.165) is 18.4 Å². The number of carbonyl (C=O) groups excluding carboxylic acids is 1. The fraction of sp³-hybridized carbons (Fsp3) is 0.700. The Labute approximate surface area is 79.6 Å². The van der Waals surface area contributed by atoms with E-state index in [4.69, 9.17) is 0 Å². The molecule has 1 rings (SSSR count). The van der Waals surface area contributed by atoms with Gasteiger partial charge in [0.2, 0.25) is 0 Å². The lowest BCUT2D eigenvalue weighted by Gasteiger charge is -2.30. The van der Waals surface area contributed by atoms with Crippen molar-refractivity contribution in [1.29, 1.82) is 0 Å². The van der Waals surface area contributed by atoms with Gasteiger partial charge in [-0.15, -0.1) is 0 Å². The number of carbonyl (C=O) groups is 1. The van der Waals surface area contributed by atoms with E-state index in [-0.39, 0.29) is 11.2 Å². The molecule has 1 unspecified atom stereocenters. The highest BCUT2D eigenvalue weighted by molar-refractivity contribution is 7.81. The molecule has 0 heterocycles. The lowest BCUT2D eigenvalue weighted by molar-refractivity contribution is -0.113. The Kier molecular flexibility index (Phi) is 2.67. The van der Waals surface area contributed by atoms with Gasteiger partial charge in [0.25, 0.3) is 0 Å². The molecule has 0 amide bonds. The monoisotopic (exact) mass is 184 g/mol. The average Bonchev–Trinajstić information content (AvgIpc) is 1.82. The SMILES string of the molecule is CC(=O)C1=CC(C)(C)CC(S)C1. The average molecular weight is 184 g/mol. The van der Waals surface area contributed by atoms with Crippen molar-refractivity contribution in [2.24, 2.45) is 5.41 Å². The molecule has 2 heteroatoms. The molecule has 0 radical (unpaired) electrons. The summed E-state index contributed by atoms with van der Waals surface area (Å²) < 4.78 is 0. The molecule has 0 spiro atoms. The predicted octanol–water partition coefficient (Wildman–Crippen LogP) is 2.62. The normalized spacial score (nSPS) is 28.0. The van der Waals surface area contributed by atoms with Crippen LogP contribution in [0.2, 0.25) is 0 Å². The van der Waals surface area contributed by atoms with Crippen molar-refractivity contribution < 1.29 is 4.79 Å². The molecule has 0 aliphatic heterocycles. The smallest absolute Gasteiger partial charge is 0.155 e. The Balaban J connectivity index is 2.88. The minimum atomic E-state index is 0.145. The van der Waals surface area contributed by atoms with Gasteiger partial charge < -0.3 is 0 Å². The van der Waals surface area contributed by atoms with Gasteiger partial charge in [0.15, 0.2) is 5.78 Å². The van der Waals surface area contributed by atoms with Crippen molar-refractivity contribution >= 4 is 18.4 Å². The summed E-state index contributed by atoms with van der Waals surface area (Å²) >= 11 is 4.44. The molecular formula is C10H16OS. The molecular weight excluding hydrogens is 168 g/mol. The molecule has 0 aromatic carbocycles. The van der Waals surface area contributed by atoms with Crippen LogP contribution < -0.4 is 0 Å². The highest BCUT2D eigenvalue weighted by Gasteiger charge is 2.27. The number of allylic oxidation sites excluding steroid dienone is 2. The zero-order valence-electron chi connectivity index (χ0n) is 7.92. The summed E-state index contributed by atoms with van der Waals surface area (Å²) in [5, 5.41) is 0.351. The maximum Gasteiger partial charge on any atom is 0.155 e. The van der Waals surface area contributed by atoms with Crippen molar-refractivity contribution in [2.75, 3.05) is 0 Å². The van der Waals surface area contributed by atoms with Gasteiger partial charge in [0, 0.05) is 5.25 Å². The van der Waals surface area contributed by atoms with E-state index in [1.54, 1.807) is 6.92 Å². The van der Waals surface area contributed by atoms with E-state index in [0.29, 0.717) is 5.25 Å². The van der Waals surface area contributed by atoms with Crippen LogP contribution in [0.25, 0.3) is 0 Å². The summed E-state index contributed by atoms with van der Waals surface area (Å²) in [6.45, 7) is 5.93. The summed E-state index contributed by atoms with van der Waals surface area (Å²) in [5.74, 6) is 0.196. The molecule has 1 atom stereocenters. The Morgan fingerprint density at radius 1 is 1.67 bits per heavy atom. The molecule has 0 saturated carbocycles. The second-order valence-electron chi connectivity index (χ2n) is 4.28. The number of rotatable bonds is 1. The summed E-state index contributed by atoms with van der Waals surface area (Å²) in [6.07, 6.45) is 4.00. The predicted molar refractivity (Wildman–Crippen MR) is 54.6 cm³/mol. The van der Waals surface area contributed by atoms with Gasteiger partial charge in [0.05, 0.1) is 0 Å². The summed E-state index contributed by atoms with van der Waals surface area (Å²) in [7, 11) is 0. The van der Waals surface area contributed by atoms with Gasteiger partial charge in [0.1, 0.15) is 0 Å². The van der Waals surface area contributed by atoms with E-state index >= 15 is 0 Å². The van der Waals surface area contributed by atoms with Gasteiger partial charge in [-0.3, -0.25) is 4.79 Å². The molecule has 68 valence electrons. The van der Waals surface area contributed by atoms with Crippen LogP contribution in [0.3, 0.4) is 0 Å². The Hall–Kier alpha value is -0.240. The van der Waals surface area contributed by atoms with Crippen molar-refractivity contribution in [3.05, 3.63) is 11.6 Å². The third-order valence-corrected chi connectivity index (χ3v) is 2.60. The largest absolute Gasteiger partial charge is 0.295 e. The van der Waals surface area contributed by atoms with E-state index < -0.39 is 0 Å². The lowest BCUT2D eigenvalue weighted by atomic mass is 9.78. The number of hydrogen-bond acceptors (Lipinski definition) is 2. The van der Waals surface area contributed by atoms with Crippen molar-refractivity contribution in [3.63, 3.8) is 0 Å².